The van der Waals surface area contributed by atoms with Gasteiger partial charge >= 0.3 is 23.7 Å². The van der Waals surface area contributed by atoms with E-state index in [4.69, 9.17) is 5.11 Å². The van der Waals surface area contributed by atoms with E-state index in [1.54, 1.807) is 0 Å². The van der Waals surface area contributed by atoms with E-state index in [0.717, 1.165) is 0 Å². The van der Waals surface area contributed by atoms with Gasteiger partial charge in [-0.2, -0.15) is 22.0 Å². The predicted molar refractivity (Wildman–Crippen MR) is 55.9 cm³/mol. The predicted octanol–water partition coefficient (Wildman–Crippen LogP) is 3.63. The normalized spacial score (nSPS) is 16.9. The largest absolute Gasteiger partial charge is 0.478 e. The number of aromatic carboxylic acids is 1. The van der Waals surface area contributed by atoms with Crippen molar-refractivity contribution in [1.82, 2.24) is 0 Å². The minimum absolute atomic E-state index is 0.0493. The Bertz CT molecular complexity index is 625. The molecule has 1 aromatic carbocycles. The molecule has 0 spiro atoms. The summed E-state index contributed by atoms with van der Waals surface area (Å²) in [6.07, 6.45) is 0. The van der Waals surface area contributed by atoms with Crippen LogP contribution in [-0.4, -0.2) is 23.7 Å². The molecule has 0 amide bonds. The van der Waals surface area contributed by atoms with E-state index < -0.39 is 47.1 Å². The molecule has 1 heterocycles. The zero-order chi connectivity index (χ0) is 16.1. The summed E-state index contributed by atoms with van der Waals surface area (Å²) in [7, 11) is 0. The first-order chi connectivity index (χ1) is 9.55. The molecule has 0 atom stereocenters. The summed E-state index contributed by atoms with van der Waals surface area (Å²) in [5.41, 5.74) is -3.85. The number of hydrogen-bond donors (Lipinski definition) is 1. The van der Waals surface area contributed by atoms with Gasteiger partial charge in [-0.1, -0.05) is 6.07 Å². The lowest BCUT2D eigenvalue weighted by molar-refractivity contribution is -0.104. The maximum atomic E-state index is 13.9. The SMILES string of the molecule is O=C(O)c1ccc(C(F)(F)CF)cc1C(F)(F)C1(F)N=N1. The Morgan fingerprint density at radius 1 is 1.24 bits per heavy atom. The van der Waals surface area contributed by atoms with Crippen LogP contribution in [0.25, 0.3) is 0 Å². The summed E-state index contributed by atoms with van der Waals surface area (Å²) >= 11 is 0. The van der Waals surface area contributed by atoms with Crippen molar-refractivity contribution < 1.29 is 36.2 Å². The van der Waals surface area contributed by atoms with Crippen molar-refractivity contribution in [2.45, 2.75) is 17.8 Å². The highest BCUT2D eigenvalue weighted by atomic mass is 19.3. The molecule has 21 heavy (non-hydrogen) atoms. The Kier molecular flexibility index (Phi) is 3.22. The number of halogens is 6. The molecule has 0 saturated heterocycles. The summed E-state index contributed by atoms with van der Waals surface area (Å²) < 4.78 is 79.7. The number of nitrogens with zero attached hydrogens (tertiary/aromatic N) is 2. The molecule has 0 radical (unpaired) electrons. The highest BCUT2D eigenvalue weighted by Gasteiger charge is 2.66. The van der Waals surface area contributed by atoms with Crippen LogP contribution in [0.2, 0.25) is 0 Å². The third kappa shape index (κ3) is 2.34. The molecule has 2 rings (SSSR count). The third-order valence-electron chi connectivity index (χ3n) is 2.85. The van der Waals surface area contributed by atoms with Crippen LogP contribution in [0.15, 0.2) is 28.4 Å². The van der Waals surface area contributed by atoms with Crippen molar-refractivity contribution in [3.8, 4) is 0 Å². The van der Waals surface area contributed by atoms with Crippen LogP contribution >= 0.6 is 0 Å². The number of hydrogen-bond acceptors (Lipinski definition) is 3. The van der Waals surface area contributed by atoms with E-state index in [0.29, 0.717) is 12.1 Å². The van der Waals surface area contributed by atoms with Crippen molar-refractivity contribution in [3.63, 3.8) is 0 Å². The van der Waals surface area contributed by atoms with Crippen molar-refractivity contribution in [3.05, 3.63) is 34.9 Å². The topological polar surface area (TPSA) is 62.0 Å². The molecule has 114 valence electrons. The smallest absolute Gasteiger partial charge is 0.396 e. The van der Waals surface area contributed by atoms with Crippen LogP contribution in [0.3, 0.4) is 0 Å². The monoisotopic (exact) mass is 312 g/mol. The van der Waals surface area contributed by atoms with Crippen LogP contribution in [0.1, 0.15) is 21.5 Å². The first-order valence-corrected chi connectivity index (χ1v) is 5.38. The Hall–Kier alpha value is -2.13. The van der Waals surface area contributed by atoms with Gasteiger partial charge in [0.1, 0.15) is 0 Å². The summed E-state index contributed by atoms with van der Waals surface area (Å²) in [6, 6.07) is 0.957. The Morgan fingerprint density at radius 3 is 2.24 bits per heavy atom. The minimum Gasteiger partial charge on any atom is -0.478 e. The van der Waals surface area contributed by atoms with Gasteiger partial charge in [-0.3, -0.25) is 0 Å². The van der Waals surface area contributed by atoms with Crippen LogP contribution < -0.4 is 0 Å². The molecule has 10 heteroatoms. The quantitative estimate of drug-likeness (QED) is 0.666. The summed E-state index contributed by atoms with van der Waals surface area (Å²) in [5.74, 6) is -14.3. The van der Waals surface area contributed by atoms with E-state index in [9.17, 15) is 31.1 Å². The van der Waals surface area contributed by atoms with Gasteiger partial charge in [0.25, 0.3) is 0 Å². The van der Waals surface area contributed by atoms with Gasteiger partial charge in [-0.05, 0) is 12.1 Å². The maximum absolute atomic E-state index is 13.9. The standard InChI is InChI=1S/C11H6F6N2O2/c12-4-9(13,14)5-1-2-6(8(20)21)7(3-5)10(15,16)11(17)18-19-11/h1-3H,4H2,(H,20,21). The third-order valence-corrected chi connectivity index (χ3v) is 2.85. The molecule has 1 N–H and O–H groups in total. The second kappa shape index (κ2) is 4.43. The molecule has 1 aliphatic heterocycles. The molecule has 4 nitrogen and oxygen atoms in total. The first-order valence-electron chi connectivity index (χ1n) is 5.38. The van der Waals surface area contributed by atoms with Gasteiger partial charge < -0.3 is 5.11 Å². The van der Waals surface area contributed by atoms with Crippen LogP contribution in [0.4, 0.5) is 26.3 Å². The Labute approximate surface area is 113 Å². The molecule has 0 aliphatic carbocycles. The molecular weight excluding hydrogens is 306 g/mol. The lowest BCUT2D eigenvalue weighted by atomic mass is 9.95. The fraction of sp³-hybridized carbons (Fsp3) is 0.364. The Morgan fingerprint density at radius 2 is 1.81 bits per heavy atom. The number of carboxylic acids is 1. The lowest BCUT2D eigenvalue weighted by Gasteiger charge is -2.21. The molecule has 1 aromatic rings. The van der Waals surface area contributed by atoms with Gasteiger partial charge in [-0.25, -0.2) is 9.18 Å². The number of rotatable bonds is 5. The Balaban J connectivity index is 2.61. The average molecular weight is 312 g/mol. The van der Waals surface area contributed by atoms with E-state index >= 15 is 0 Å². The lowest BCUT2D eigenvalue weighted by Crippen LogP contribution is -2.33. The fourth-order valence-electron chi connectivity index (χ4n) is 1.64. The van der Waals surface area contributed by atoms with Gasteiger partial charge in [0.15, 0.2) is 6.67 Å². The van der Waals surface area contributed by atoms with Crippen LogP contribution in [0, 0.1) is 0 Å². The molecule has 0 bridgehead atoms. The first kappa shape index (κ1) is 15.3. The molecule has 0 aromatic heterocycles. The molecule has 0 fully saturated rings. The van der Waals surface area contributed by atoms with Gasteiger partial charge in [-0.15, -0.1) is 10.2 Å². The van der Waals surface area contributed by atoms with E-state index in [2.05, 4.69) is 10.2 Å². The zero-order valence-electron chi connectivity index (χ0n) is 9.96. The molecule has 0 saturated carbocycles. The summed E-state index contributed by atoms with van der Waals surface area (Å²) in [5, 5.41) is 13.7. The van der Waals surface area contributed by atoms with Crippen molar-refractivity contribution in [2.75, 3.05) is 6.67 Å². The van der Waals surface area contributed by atoms with Crippen molar-refractivity contribution in [1.29, 1.82) is 0 Å². The van der Waals surface area contributed by atoms with Crippen molar-refractivity contribution in [2.24, 2.45) is 10.2 Å². The summed E-state index contributed by atoms with van der Waals surface area (Å²) in [6.45, 7) is -2.18. The highest BCUT2D eigenvalue weighted by Crippen LogP contribution is 2.52. The second-order valence-corrected chi connectivity index (χ2v) is 4.27. The van der Waals surface area contributed by atoms with Crippen molar-refractivity contribution >= 4 is 5.97 Å². The van der Waals surface area contributed by atoms with E-state index in [-0.39, 0.29) is 6.07 Å². The van der Waals surface area contributed by atoms with Crippen LogP contribution in [0.5, 0.6) is 0 Å². The van der Waals surface area contributed by atoms with E-state index in [1.165, 1.54) is 0 Å². The number of carboxylic acid groups (broad SMARTS) is 1. The minimum atomic E-state index is -4.57. The average Bonchev–Trinajstić information content (AvgIpc) is 3.17. The van der Waals surface area contributed by atoms with Gasteiger partial charge in [0.2, 0.25) is 0 Å². The number of carbonyl (C=O) groups is 1. The molecule has 1 aliphatic rings. The highest BCUT2D eigenvalue weighted by molar-refractivity contribution is 5.90. The summed E-state index contributed by atoms with van der Waals surface area (Å²) in [4.78, 5) is 10.9. The molecule has 0 unspecified atom stereocenters. The zero-order valence-corrected chi connectivity index (χ0v) is 9.96. The van der Waals surface area contributed by atoms with Crippen LogP contribution in [-0.2, 0) is 11.8 Å². The number of benzene rings is 1. The number of alkyl halides is 6. The van der Waals surface area contributed by atoms with E-state index in [1.807, 2.05) is 0 Å². The molecular formula is C11H6F6N2O2. The second-order valence-electron chi connectivity index (χ2n) is 4.27. The maximum Gasteiger partial charge on any atom is 0.396 e. The fourth-order valence-corrected chi connectivity index (χ4v) is 1.64. The van der Waals surface area contributed by atoms with Gasteiger partial charge in [0, 0.05) is 11.1 Å². The van der Waals surface area contributed by atoms with Gasteiger partial charge in [0.05, 0.1) is 5.56 Å².